The Morgan fingerprint density at radius 2 is 1.79 bits per heavy atom. The van der Waals surface area contributed by atoms with Crippen molar-refractivity contribution in [2.45, 2.75) is 6.54 Å². The number of halogens is 1. The van der Waals surface area contributed by atoms with E-state index in [4.69, 9.17) is 11.6 Å². The van der Waals surface area contributed by atoms with Gasteiger partial charge in [0.2, 0.25) is 0 Å². The number of benzene rings is 2. The van der Waals surface area contributed by atoms with Crippen LogP contribution in [0.1, 0.15) is 5.82 Å². The molecule has 1 fully saturated rings. The van der Waals surface area contributed by atoms with Gasteiger partial charge in [-0.05, 0) is 36.4 Å². The molecule has 0 bridgehead atoms. The molecule has 5 rings (SSSR count). The average Bonchev–Trinajstić information content (AvgIpc) is 2.74. The van der Waals surface area contributed by atoms with Crippen LogP contribution in [0.5, 0.6) is 0 Å². The van der Waals surface area contributed by atoms with Gasteiger partial charge in [0.15, 0.2) is 0 Å². The number of pyridine rings is 1. The first-order valence-corrected chi connectivity index (χ1v) is 10.0. The Hall–Kier alpha value is -2.96. The lowest BCUT2D eigenvalue weighted by atomic mass is 10.1. The third-order valence-corrected chi connectivity index (χ3v) is 5.67. The SMILES string of the molecule is O=c1[nH]c(CN2CCN(c3ccnc4cc(Cl)ccc34)CC2)nc2ccccc12. The highest BCUT2D eigenvalue weighted by Gasteiger charge is 2.20. The number of anilines is 1. The van der Waals surface area contributed by atoms with Gasteiger partial charge >= 0.3 is 0 Å². The topological polar surface area (TPSA) is 65.1 Å². The summed E-state index contributed by atoms with van der Waals surface area (Å²) >= 11 is 6.11. The third-order valence-electron chi connectivity index (χ3n) is 5.43. The summed E-state index contributed by atoms with van der Waals surface area (Å²) in [4.78, 5) is 29.0. The molecule has 0 aliphatic carbocycles. The van der Waals surface area contributed by atoms with E-state index in [1.54, 1.807) is 6.07 Å². The minimum absolute atomic E-state index is 0.0776. The van der Waals surface area contributed by atoms with Gasteiger partial charge in [-0.25, -0.2) is 4.98 Å². The lowest BCUT2D eigenvalue weighted by molar-refractivity contribution is 0.244. The zero-order valence-corrected chi connectivity index (χ0v) is 16.6. The van der Waals surface area contributed by atoms with Gasteiger partial charge in [0, 0.05) is 48.5 Å². The number of hydrogen-bond donors (Lipinski definition) is 1. The fraction of sp³-hybridized carbons (Fsp3) is 0.227. The first-order chi connectivity index (χ1) is 14.2. The zero-order chi connectivity index (χ0) is 19.8. The molecule has 3 heterocycles. The van der Waals surface area contributed by atoms with Gasteiger partial charge < -0.3 is 9.88 Å². The van der Waals surface area contributed by atoms with E-state index in [0.717, 1.165) is 42.6 Å². The van der Waals surface area contributed by atoms with E-state index >= 15 is 0 Å². The lowest BCUT2D eigenvalue weighted by Gasteiger charge is -2.36. The molecular weight excluding hydrogens is 386 g/mol. The Balaban J connectivity index is 1.32. The molecule has 4 aromatic rings. The van der Waals surface area contributed by atoms with E-state index < -0.39 is 0 Å². The van der Waals surface area contributed by atoms with Gasteiger partial charge in [0.25, 0.3) is 5.56 Å². The summed E-state index contributed by atoms with van der Waals surface area (Å²) < 4.78 is 0. The van der Waals surface area contributed by atoms with E-state index in [9.17, 15) is 4.79 Å². The largest absolute Gasteiger partial charge is 0.368 e. The van der Waals surface area contributed by atoms with Crippen molar-refractivity contribution in [2.24, 2.45) is 0 Å². The number of rotatable bonds is 3. The number of aromatic amines is 1. The van der Waals surface area contributed by atoms with Crippen LogP contribution in [0.15, 0.2) is 59.5 Å². The maximum atomic E-state index is 12.3. The number of nitrogens with one attached hydrogen (secondary N) is 1. The maximum Gasteiger partial charge on any atom is 0.258 e. The second kappa shape index (κ2) is 7.46. The standard InChI is InChI=1S/C22H20ClN5O/c23-15-5-6-16-19(13-15)24-8-7-20(16)28-11-9-27(10-12-28)14-21-25-18-4-2-1-3-17(18)22(29)26-21/h1-8,13H,9-12,14H2,(H,25,26,29). The molecule has 2 aromatic carbocycles. The van der Waals surface area contributed by atoms with Gasteiger partial charge in [-0.2, -0.15) is 0 Å². The quantitative estimate of drug-likeness (QED) is 0.565. The number of hydrogen-bond acceptors (Lipinski definition) is 5. The highest BCUT2D eigenvalue weighted by molar-refractivity contribution is 6.31. The summed E-state index contributed by atoms with van der Waals surface area (Å²) in [6, 6.07) is 15.4. The van der Waals surface area contributed by atoms with Gasteiger partial charge in [0.05, 0.1) is 23.0 Å². The van der Waals surface area contributed by atoms with Crippen LogP contribution in [0.25, 0.3) is 21.8 Å². The number of nitrogens with zero attached hydrogens (tertiary/aromatic N) is 4. The zero-order valence-electron chi connectivity index (χ0n) is 15.8. The van der Waals surface area contributed by atoms with Crippen LogP contribution in [0.3, 0.4) is 0 Å². The number of H-pyrrole nitrogens is 1. The van der Waals surface area contributed by atoms with Crippen LogP contribution in [0.4, 0.5) is 5.69 Å². The van der Waals surface area contributed by atoms with E-state index in [-0.39, 0.29) is 5.56 Å². The molecule has 2 aromatic heterocycles. The molecule has 146 valence electrons. The minimum atomic E-state index is -0.0776. The summed E-state index contributed by atoms with van der Waals surface area (Å²) in [6.07, 6.45) is 1.84. The van der Waals surface area contributed by atoms with Gasteiger partial charge in [-0.15, -0.1) is 0 Å². The molecule has 0 amide bonds. The lowest BCUT2D eigenvalue weighted by Crippen LogP contribution is -2.46. The van der Waals surface area contributed by atoms with Crippen molar-refractivity contribution in [3.8, 4) is 0 Å². The van der Waals surface area contributed by atoms with Crippen molar-refractivity contribution < 1.29 is 0 Å². The predicted octanol–water partition coefficient (Wildman–Crippen LogP) is 3.45. The van der Waals surface area contributed by atoms with E-state index in [0.29, 0.717) is 22.8 Å². The normalized spacial score (nSPS) is 15.3. The van der Waals surface area contributed by atoms with Crippen molar-refractivity contribution in [2.75, 3.05) is 31.1 Å². The number of para-hydroxylation sites is 1. The molecule has 7 heteroatoms. The van der Waals surface area contributed by atoms with E-state index in [2.05, 4.69) is 30.8 Å². The molecule has 1 N–H and O–H groups in total. The molecule has 0 radical (unpaired) electrons. The second-order valence-corrected chi connectivity index (χ2v) is 7.72. The fourth-order valence-electron chi connectivity index (χ4n) is 3.95. The summed E-state index contributed by atoms with van der Waals surface area (Å²) in [5.74, 6) is 0.714. The van der Waals surface area contributed by atoms with Crippen molar-refractivity contribution in [3.63, 3.8) is 0 Å². The molecule has 29 heavy (non-hydrogen) atoms. The Morgan fingerprint density at radius 3 is 2.66 bits per heavy atom. The van der Waals surface area contributed by atoms with Crippen LogP contribution < -0.4 is 10.5 Å². The first kappa shape index (κ1) is 18.1. The Bertz CT molecular complexity index is 1250. The van der Waals surface area contributed by atoms with Crippen LogP contribution in [-0.4, -0.2) is 46.0 Å². The van der Waals surface area contributed by atoms with E-state index in [1.165, 1.54) is 5.69 Å². The summed E-state index contributed by atoms with van der Waals surface area (Å²) in [5, 5.41) is 2.44. The Labute approximate surface area is 172 Å². The van der Waals surface area contributed by atoms with Crippen molar-refractivity contribution in [3.05, 3.63) is 75.9 Å². The van der Waals surface area contributed by atoms with Crippen LogP contribution in [0, 0.1) is 0 Å². The van der Waals surface area contributed by atoms with Gasteiger partial charge in [-0.1, -0.05) is 23.7 Å². The molecule has 1 aliphatic rings. The molecular formula is C22H20ClN5O. The second-order valence-electron chi connectivity index (χ2n) is 7.28. The molecule has 1 aliphatic heterocycles. The van der Waals surface area contributed by atoms with Crippen molar-refractivity contribution in [1.82, 2.24) is 19.9 Å². The first-order valence-electron chi connectivity index (χ1n) is 9.67. The number of piperazine rings is 1. The minimum Gasteiger partial charge on any atom is -0.368 e. The third kappa shape index (κ3) is 3.57. The fourth-order valence-corrected chi connectivity index (χ4v) is 4.12. The predicted molar refractivity (Wildman–Crippen MR) is 117 cm³/mol. The van der Waals surface area contributed by atoms with Crippen LogP contribution >= 0.6 is 11.6 Å². The highest BCUT2D eigenvalue weighted by Crippen LogP contribution is 2.28. The van der Waals surface area contributed by atoms with Crippen molar-refractivity contribution >= 4 is 39.1 Å². The molecule has 1 saturated heterocycles. The maximum absolute atomic E-state index is 12.3. The Morgan fingerprint density at radius 1 is 0.966 bits per heavy atom. The highest BCUT2D eigenvalue weighted by atomic mass is 35.5. The summed E-state index contributed by atoms with van der Waals surface area (Å²) in [6.45, 7) is 4.24. The van der Waals surface area contributed by atoms with Crippen molar-refractivity contribution in [1.29, 1.82) is 0 Å². The molecule has 0 unspecified atom stereocenters. The smallest absolute Gasteiger partial charge is 0.258 e. The number of fused-ring (bicyclic) bond motifs is 2. The molecule has 0 atom stereocenters. The van der Waals surface area contributed by atoms with E-state index in [1.807, 2.05) is 42.6 Å². The van der Waals surface area contributed by atoms with Gasteiger partial charge in [-0.3, -0.25) is 14.7 Å². The molecule has 0 saturated carbocycles. The monoisotopic (exact) mass is 405 g/mol. The Kier molecular flexibility index (Phi) is 4.66. The van der Waals surface area contributed by atoms with Crippen LogP contribution in [-0.2, 0) is 6.54 Å². The van der Waals surface area contributed by atoms with Crippen LogP contribution in [0.2, 0.25) is 5.02 Å². The molecule has 6 nitrogen and oxygen atoms in total. The summed E-state index contributed by atoms with van der Waals surface area (Å²) in [5.41, 5.74) is 2.76. The molecule has 0 spiro atoms. The van der Waals surface area contributed by atoms with Gasteiger partial charge in [0.1, 0.15) is 5.82 Å². The summed E-state index contributed by atoms with van der Waals surface area (Å²) in [7, 11) is 0. The number of aromatic nitrogens is 3. The average molecular weight is 406 g/mol.